The van der Waals surface area contributed by atoms with Gasteiger partial charge < -0.3 is 33.9 Å². The van der Waals surface area contributed by atoms with Gasteiger partial charge in [-0.05, 0) is 49.4 Å². The molecule has 0 unspecified atom stereocenters. The third-order valence-corrected chi connectivity index (χ3v) is 6.11. The molecule has 194 valence electrons. The van der Waals surface area contributed by atoms with Crippen LogP contribution in [0.15, 0.2) is 54.6 Å². The molecule has 9 nitrogen and oxygen atoms in total. The van der Waals surface area contributed by atoms with E-state index in [1.165, 1.54) is 14.2 Å². The van der Waals surface area contributed by atoms with E-state index in [2.05, 4.69) is 5.32 Å². The number of benzene rings is 3. The van der Waals surface area contributed by atoms with Crippen molar-refractivity contribution in [3.63, 3.8) is 0 Å². The minimum absolute atomic E-state index is 0.150. The first-order valence-electron chi connectivity index (χ1n) is 11.7. The van der Waals surface area contributed by atoms with E-state index in [1.807, 2.05) is 18.2 Å². The Morgan fingerprint density at radius 3 is 2.27 bits per heavy atom. The maximum atomic E-state index is 13.2. The molecule has 0 spiro atoms. The molecule has 0 bridgehead atoms. The van der Waals surface area contributed by atoms with Crippen molar-refractivity contribution in [3.05, 3.63) is 71.3 Å². The highest BCUT2D eigenvalue weighted by Gasteiger charge is 2.29. The molecule has 2 amide bonds. The molecule has 1 N–H and O–H groups in total. The van der Waals surface area contributed by atoms with Crippen LogP contribution in [0.2, 0.25) is 0 Å². The number of rotatable bonds is 8. The average molecular weight is 507 g/mol. The van der Waals surface area contributed by atoms with Gasteiger partial charge in [0.2, 0.25) is 0 Å². The van der Waals surface area contributed by atoms with Gasteiger partial charge >= 0.3 is 0 Å². The minimum Gasteiger partial charge on any atom is -0.497 e. The van der Waals surface area contributed by atoms with Crippen LogP contribution in [0.25, 0.3) is 0 Å². The molecule has 4 rings (SSSR count). The van der Waals surface area contributed by atoms with E-state index in [9.17, 15) is 9.59 Å². The van der Waals surface area contributed by atoms with Crippen LogP contribution < -0.4 is 29.0 Å². The van der Waals surface area contributed by atoms with Crippen LogP contribution in [0.4, 0.5) is 5.69 Å². The van der Waals surface area contributed by atoms with Crippen LogP contribution in [0.3, 0.4) is 0 Å². The minimum atomic E-state index is -0.671. The van der Waals surface area contributed by atoms with Crippen LogP contribution >= 0.6 is 0 Å². The number of nitrogens with one attached hydrogen (secondary N) is 1. The van der Waals surface area contributed by atoms with E-state index < -0.39 is 6.10 Å². The van der Waals surface area contributed by atoms with Crippen LogP contribution in [0, 0.1) is 0 Å². The number of methoxy groups -OCH3 is 4. The summed E-state index contributed by atoms with van der Waals surface area (Å²) in [6, 6.07) is 15.8. The van der Waals surface area contributed by atoms with E-state index in [-0.39, 0.29) is 11.8 Å². The quantitative estimate of drug-likeness (QED) is 0.487. The number of carbonyl (C=O) groups excluding carboxylic acids is 2. The number of carbonyl (C=O) groups is 2. The number of hydrogen-bond acceptors (Lipinski definition) is 7. The van der Waals surface area contributed by atoms with E-state index in [4.69, 9.17) is 23.7 Å². The fourth-order valence-corrected chi connectivity index (χ4v) is 4.14. The zero-order valence-corrected chi connectivity index (χ0v) is 21.5. The van der Waals surface area contributed by atoms with E-state index in [0.29, 0.717) is 53.1 Å². The Balaban J connectivity index is 1.58. The van der Waals surface area contributed by atoms with Gasteiger partial charge in [-0.2, -0.15) is 0 Å². The molecule has 0 fully saturated rings. The van der Waals surface area contributed by atoms with Crippen LogP contribution in [-0.2, 0) is 17.9 Å². The fraction of sp³-hybridized carbons (Fsp3) is 0.286. The zero-order valence-electron chi connectivity index (χ0n) is 21.5. The molecule has 0 saturated carbocycles. The molecule has 0 radical (unpaired) electrons. The summed E-state index contributed by atoms with van der Waals surface area (Å²) in [4.78, 5) is 27.8. The van der Waals surface area contributed by atoms with Crippen LogP contribution in [-0.4, -0.2) is 51.3 Å². The zero-order chi connectivity index (χ0) is 26.5. The standard InChI is InChI=1S/C28H30N2O7/c1-17-28(32)30(15-18-6-8-22(33-2)14-26(18)36-5)16-20-10-21(7-9-25(20)37-17)29-27(31)19-11-23(34-3)13-24(12-19)35-4/h6-14,17H,15-16H2,1-5H3,(H,29,31)/t17-/m1/s1. The van der Waals surface area contributed by atoms with Crippen molar-refractivity contribution >= 4 is 17.5 Å². The Morgan fingerprint density at radius 2 is 1.62 bits per heavy atom. The van der Waals surface area contributed by atoms with E-state index in [0.717, 1.165) is 11.1 Å². The summed E-state index contributed by atoms with van der Waals surface area (Å²) in [6.45, 7) is 2.34. The molecule has 0 aliphatic carbocycles. The van der Waals surface area contributed by atoms with Gasteiger partial charge in [0.05, 0.1) is 28.4 Å². The molecule has 0 saturated heterocycles. The number of hydrogen-bond donors (Lipinski definition) is 1. The van der Waals surface area contributed by atoms with E-state index >= 15 is 0 Å². The summed E-state index contributed by atoms with van der Waals surface area (Å²) in [5.41, 5.74) is 2.56. The molecule has 9 heteroatoms. The van der Waals surface area contributed by atoms with Gasteiger partial charge in [0.1, 0.15) is 28.7 Å². The molecule has 3 aromatic carbocycles. The second kappa shape index (κ2) is 11.1. The van der Waals surface area contributed by atoms with Gasteiger partial charge in [0, 0.05) is 47.6 Å². The fourth-order valence-electron chi connectivity index (χ4n) is 4.14. The first-order valence-corrected chi connectivity index (χ1v) is 11.7. The second-order valence-electron chi connectivity index (χ2n) is 8.51. The van der Waals surface area contributed by atoms with Crippen LogP contribution in [0.1, 0.15) is 28.4 Å². The van der Waals surface area contributed by atoms with Crippen molar-refractivity contribution in [1.29, 1.82) is 0 Å². The summed E-state index contributed by atoms with van der Waals surface area (Å²) in [5, 5.41) is 2.91. The lowest BCUT2D eigenvalue weighted by Crippen LogP contribution is -2.37. The molecule has 3 aromatic rings. The molecule has 0 aromatic heterocycles. The average Bonchev–Trinajstić information content (AvgIpc) is 3.03. The number of ether oxygens (including phenoxy) is 5. The van der Waals surface area contributed by atoms with Gasteiger partial charge in [0.25, 0.3) is 11.8 Å². The number of anilines is 1. The number of nitrogens with zero attached hydrogens (tertiary/aromatic N) is 1. The summed E-state index contributed by atoms with van der Waals surface area (Å²) in [5.74, 6) is 2.43. The Hall–Kier alpha value is -4.40. The largest absolute Gasteiger partial charge is 0.497 e. The van der Waals surface area contributed by atoms with Gasteiger partial charge in [-0.15, -0.1) is 0 Å². The third-order valence-electron chi connectivity index (χ3n) is 6.11. The summed E-state index contributed by atoms with van der Waals surface area (Å²) in [7, 11) is 6.22. The third kappa shape index (κ3) is 5.72. The normalized spacial score (nSPS) is 14.7. The summed E-state index contributed by atoms with van der Waals surface area (Å²) >= 11 is 0. The number of fused-ring (bicyclic) bond motifs is 1. The lowest BCUT2D eigenvalue weighted by Gasteiger charge is -2.23. The Bertz CT molecular complexity index is 1290. The Kier molecular flexibility index (Phi) is 7.71. The SMILES string of the molecule is COc1cc(OC)cc(C(=O)Nc2ccc3c(c2)CN(Cc2ccc(OC)cc2OC)C(=O)[C@@H](C)O3)c1. The molecule has 1 heterocycles. The Labute approximate surface area is 215 Å². The van der Waals surface area contributed by atoms with Crippen molar-refractivity contribution in [2.45, 2.75) is 26.1 Å². The molecular formula is C28H30N2O7. The molecular weight excluding hydrogens is 476 g/mol. The van der Waals surface area contributed by atoms with E-state index in [1.54, 1.807) is 62.4 Å². The summed E-state index contributed by atoms with van der Waals surface area (Å²) in [6.07, 6.45) is -0.671. The van der Waals surface area contributed by atoms with Crippen molar-refractivity contribution in [3.8, 4) is 28.7 Å². The topological polar surface area (TPSA) is 95.6 Å². The first kappa shape index (κ1) is 25.7. The smallest absolute Gasteiger partial charge is 0.263 e. The highest BCUT2D eigenvalue weighted by molar-refractivity contribution is 6.05. The summed E-state index contributed by atoms with van der Waals surface area (Å²) < 4.78 is 27.3. The van der Waals surface area contributed by atoms with Crippen molar-refractivity contribution < 1.29 is 33.3 Å². The van der Waals surface area contributed by atoms with Crippen LogP contribution in [0.5, 0.6) is 28.7 Å². The predicted octanol–water partition coefficient (Wildman–Crippen LogP) is 4.28. The molecule has 37 heavy (non-hydrogen) atoms. The monoisotopic (exact) mass is 506 g/mol. The van der Waals surface area contributed by atoms with Crippen molar-refractivity contribution in [1.82, 2.24) is 4.90 Å². The first-order chi connectivity index (χ1) is 17.8. The van der Waals surface area contributed by atoms with Gasteiger partial charge in [-0.1, -0.05) is 0 Å². The second-order valence-corrected chi connectivity index (χ2v) is 8.51. The maximum absolute atomic E-state index is 13.2. The molecule has 1 aliphatic rings. The predicted molar refractivity (Wildman–Crippen MR) is 138 cm³/mol. The van der Waals surface area contributed by atoms with Gasteiger partial charge in [0.15, 0.2) is 6.10 Å². The highest BCUT2D eigenvalue weighted by Crippen LogP contribution is 2.32. The maximum Gasteiger partial charge on any atom is 0.263 e. The lowest BCUT2D eigenvalue weighted by atomic mass is 10.1. The highest BCUT2D eigenvalue weighted by atomic mass is 16.5. The van der Waals surface area contributed by atoms with Gasteiger partial charge in [-0.3, -0.25) is 9.59 Å². The van der Waals surface area contributed by atoms with Crippen molar-refractivity contribution in [2.75, 3.05) is 33.8 Å². The molecule has 1 atom stereocenters. The van der Waals surface area contributed by atoms with Crippen molar-refractivity contribution in [2.24, 2.45) is 0 Å². The number of amides is 2. The lowest BCUT2D eigenvalue weighted by molar-refractivity contribution is -0.138. The Morgan fingerprint density at radius 1 is 0.919 bits per heavy atom. The van der Waals surface area contributed by atoms with Gasteiger partial charge in [-0.25, -0.2) is 0 Å². The molecule has 1 aliphatic heterocycles.